The van der Waals surface area contributed by atoms with Crippen LogP contribution in [-0.4, -0.2) is 20.8 Å². The highest BCUT2D eigenvalue weighted by molar-refractivity contribution is 5.52. The Bertz CT molecular complexity index is 729. The standard InChI is InChI=1S/C21H26N2O3/c1-24-19-7-3-16(4-8-19)11-13-22-21-10-6-18-15-17(5-9-20(18)21)12-14-26-23-25-2/h3-5,7-9,12,14-15,21-23H,6,10-11,13H2,1-2H3/b14-12+. The number of ether oxygens (including phenoxy) is 1. The quantitative estimate of drug-likeness (QED) is 0.410. The number of fused-ring (bicyclic) bond motifs is 1. The fourth-order valence-electron chi connectivity index (χ4n) is 3.32. The van der Waals surface area contributed by atoms with Crippen LogP contribution >= 0.6 is 0 Å². The molecule has 0 radical (unpaired) electrons. The summed E-state index contributed by atoms with van der Waals surface area (Å²) in [6.07, 6.45) is 6.75. The molecule has 1 atom stereocenters. The van der Waals surface area contributed by atoms with Crippen LogP contribution < -0.4 is 15.7 Å². The zero-order chi connectivity index (χ0) is 18.2. The SMILES string of the molecule is CONO/C=C/c1ccc2c(c1)CCC2NCCc1ccc(OC)cc1. The molecule has 0 saturated carbocycles. The van der Waals surface area contributed by atoms with Crippen LogP contribution in [0.25, 0.3) is 6.08 Å². The molecule has 0 aromatic heterocycles. The molecule has 0 fully saturated rings. The molecule has 2 N–H and O–H groups in total. The smallest absolute Gasteiger partial charge is 0.118 e. The van der Waals surface area contributed by atoms with E-state index in [2.05, 4.69) is 46.1 Å². The number of methoxy groups -OCH3 is 1. The Morgan fingerprint density at radius 2 is 1.96 bits per heavy atom. The van der Waals surface area contributed by atoms with Crippen LogP contribution in [0.3, 0.4) is 0 Å². The van der Waals surface area contributed by atoms with Crippen LogP contribution in [0.2, 0.25) is 0 Å². The zero-order valence-corrected chi connectivity index (χ0v) is 15.3. The lowest BCUT2D eigenvalue weighted by molar-refractivity contribution is -0.109. The van der Waals surface area contributed by atoms with Gasteiger partial charge in [0.15, 0.2) is 0 Å². The maximum absolute atomic E-state index is 5.20. The first-order valence-electron chi connectivity index (χ1n) is 8.89. The average Bonchev–Trinajstić information content (AvgIpc) is 3.08. The molecule has 3 rings (SSSR count). The summed E-state index contributed by atoms with van der Waals surface area (Å²) in [5.41, 5.74) is 7.58. The van der Waals surface area contributed by atoms with Crippen molar-refractivity contribution in [3.63, 3.8) is 0 Å². The molecule has 0 saturated heterocycles. The molecule has 1 aliphatic carbocycles. The third kappa shape index (κ3) is 4.85. The summed E-state index contributed by atoms with van der Waals surface area (Å²) in [6, 6.07) is 15.3. The Balaban J connectivity index is 1.51. The number of benzene rings is 2. The van der Waals surface area contributed by atoms with Crippen LogP contribution in [0.15, 0.2) is 48.7 Å². The van der Waals surface area contributed by atoms with Gasteiger partial charge in [-0.15, -0.1) is 0 Å². The Labute approximate surface area is 154 Å². The van der Waals surface area contributed by atoms with E-state index in [9.17, 15) is 0 Å². The second-order valence-corrected chi connectivity index (χ2v) is 6.31. The summed E-state index contributed by atoms with van der Waals surface area (Å²) in [6.45, 7) is 0.967. The molecule has 2 aromatic rings. The normalized spacial score (nSPS) is 16.0. The maximum atomic E-state index is 5.20. The Hall–Kier alpha value is -2.34. The summed E-state index contributed by atoms with van der Waals surface area (Å²) < 4.78 is 5.20. The summed E-state index contributed by atoms with van der Waals surface area (Å²) in [5.74, 6) is 0.902. The van der Waals surface area contributed by atoms with Crippen molar-refractivity contribution in [3.8, 4) is 5.75 Å². The highest BCUT2D eigenvalue weighted by atomic mass is 16.9. The van der Waals surface area contributed by atoms with E-state index in [1.54, 1.807) is 13.4 Å². The number of hydrogen-bond acceptors (Lipinski definition) is 5. The van der Waals surface area contributed by atoms with E-state index in [0.717, 1.165) is 37.1 Å². The van der Waals surface area contributed by atoms with E-state index in [1.807, 2.05) is 18.2 Å². The molecule has 26 heavy (non-hydrogen) atoms. The van der Waals surface area contributed by atoms with Gasteiger partial charge in [-0.25, -0.2) is 0 Å². The van der Waals surface area contributed by atoms with Gasteiger partial charge in [0.05, 0.1) is 14.2 Å². The highest BCUT2D eigenvalue weighted by Gasteiger charge is 2.21. The van der Waals surface area contributed by atoms with Crippen molar-refractivity contribution in [1.29, 1.82) is 0 Å². The summed E-state index contributed by atoms with van der Waals surface area (Å²) >= 11 is 0. The minimum absolute atomic E-state index is 0.438. The Morgan fingerprint density at radius 3 is 2.73 bits per heavy atom. The van der Waals surface area contributed by atoms with Crippen LogP contribution in [0.5, 0.6) is 5.75 Å². The maximum Gasteiger partial charge on any atom is 0.118 e. The van der Waals surface area contributed by atoms with Gasteiger partial charge in [-0.1, -0.05) is 30.3 Å². The zero-order valence-electron chi connectivity index (χ0n) is 15.3. The van der Waals surface area contributed by atoms with Crippen LogP contribution in [0.1, 0.15) is 34.7 Å². The molecule has 0 spiro atoms. The van der Waals surface area contributed by atoms with Gasteiger partial charge in [0.1, 0.15) is 12.0 Å². The molecular weight excluding hydrogens is 328 g/mol. The number of rotatable bonds is 9. The van der Waals surface area contributed by atoms with E-state index in [0.29, 0.717) is 6.04 Å². The summed E-state index contributed by atoms with van der Waals surface area (Å²) in [4.78, 5) is 9.57. The molecule has 0 amide bonds. The van der Waals surface area contributed by atoms with Crippen LogP contribution in [0, 0.1) is 0 Å². The van der Waals surface area contributed by atoms with Crippen molar-refractivity contribution in [2.24, 2.45) is 0 Å². The van der Waals surface area contributed by atoms with Gasteiger partial charge in [0, 0.05) is 6.04 Å². The van der Waals surface area contributed by atoms with Gasteiger partial charge < -0.3 is 14.9 Å². The second kappa shape index (κ2) is 9.38. The number of nitrogens with one attached hydrogen (secondary N) is 2. The first-order chi connectivity index (χ1) is 12.8. The molecule has 5 heteroatoms. The molecule has 138 valence electrons. The van der Waals surface area contributed by atoms with E-state index in [4.69, 9.17) is 9.57 Å². The van der Waals surface area contributed by atoms with Crippen molar-refractivity contribution in [2.75, 3.05) is 20.8 Å². The van der Waals surface area contributed by atoms with Gasteiger partial charge in [-0.3, -0.25) is 4.84 Å². The minimum Gasteiger partial charge on any atom is -0.497 e. The molecule has 2 aromatic carbocycles. The fourth-order valence-corrected chi connectivity index (χ4v) is 3.32. The van der Waals surface area contributed by atoms with E-state index in [-0.39, 0.29) is 0 Å². The largest absolute Gasteiger partial charge is 0.497 e. The van der Waals surface area contributed by atoms with Crippen molar-refractivity contribution in [3.05, 3.63) is 71.0 Å². The molecule has 1 aliphatic rings. The number of aryl methyl sites for hydroxylation is 1. The van der Waals surface area contributed by atoms with Gasteiger partial charge in [-0.05, 0) is 71.9 Å². The van der Waals surface area contributed by atoms with Crippen molar-refractivity contribution < 1.29 is 14.4 Å². The predicted octanol–water partition coefficient (Wildman–Crippen LogP) is 3.57. The average molecular weight is 354 g/mol. The van der Waals surface area contributed by atoms with E-state index in [1.165, 1.54) is 23.8 Å². The second-order valence-electron chi connectivity index (χ2n) is 6.31. The predicted molar refractivity (Wildman–Crippen MR) is 102 cm³/mol. The first-order valence-corrected chi connectivity index (χ1v) is 8.89. The van der Waals surface area contributed by atoms with Crippen molar-refractivity contribution in [2.45, 2.75) is 25.3 Å². The lowest BCUT2D eigenvalue weighted by Crippen LogP contribution is -2.21. The lowest BCUT2D eigenvalue weighted by Gasteiger charge is -2.14. The highest BCUT2D eigenvalue weighted by Crippen LogP contribution is 2.32. The molecule has 1 unspecified atom stereocenters. The Kier molecular flexibility index (Phi) is 6.66. The summed E-state index contributed by atoms with van der Waals surface area (Å²) in [7, 11) is 3.20. The fraction of sp³-hybridized carbons (Fsp3) is 0.333. The summed E-state index contributed by atoms with van der Waals surface area (Å²) in [5, 5.41) is 3.69. The van der Waals surface area contributed by atoms with Crippen LogP contribution in [-0.2, 0) is 22.5 Å². The first kappa shape index (κ1) is 18.5. The van der Waals surface area contributed by atoms with Crippen molar-refractivity contribution in [1.82, 2.24) is 11.0 Å². The third-order valence-corrected chi connectivity index (χ3v) is 4.67. The monoisotopic (exact) mass is 354 g/mol. The van der Waals surface area contributed by atoms with Gasteiger partial charge >= 0.3 is 0 Å². The van der Waals surface area contributed by atoms with E-state index >= 15 is 0 Å². The molecular formula is C21H26N2O3. The molecule has 0 aliphatic heterocycles. The minimum atomic E-state index is 0.438. The van der Waals surface area contributed by atoms with Crippen molar-refractivity contribution >= 4 is 6.08 Å². The number of hydrogen-bond donors (Lipinski definition) is 2. The molecule has 0 bridgehead atoms. The van der Waals surface area contributed by atoms with Gasteiger partial charge in [0.2, 0.25) is 0 Å². The van der Waals surface area contributed by atoms with E-state index < -0.39 is 0 Å². The molecule has 5 nitrogen and oxygen atoms in total. The van der Waals surface area contributed by atoms with Gasteiger partial charge in [-0.2, -0.15) is 0 Å². The topological polar surface area (TPSA) is 51.8 Å². The van der Waals surface area contributed by atoms with Crippen LogP contribution in [0.4, 0.5) is 0 Å². The third-order valence-electron chi connectivity index (χ3n) is 4.67. The Morgan fingerprint density at radius 1 is 1.12 bits per heavy atom. The van der Waals surface area contributed by atoms with Gasteiger partial charge in [0.25, 0.3) is 0 Å². The lowest BCUT2D eigenvalue weighted by atomic mass is 10.0. The molecule has 0 heterocycles.